The Bertz CT molecular complexity index is 1150. The summed E-state index contributed by atoms with van der Waals surface area (Å²) in [6.45, 7) is 8.84. The maximum Gasteiger partial charge on any atom is 0.254 e. The van der Waals surface area contributed by atoms with Crippen LogP contribution in [0, 0.1) is 0 Å². The molecular weight excluding hydrogens is 462 g/mol. The van der Waals surface area contributed by atoms with E-state index in [0.29, 0.717) is 19.2 Å². The molecule has 2 aromatic heterocycles. The Labute approximate surface area is 209 Å². The maximum absolute atomic E-state index is 13.0. The summed E-state index contributed by atoms with van der Waals surface area (Å²) in [4.78, 5) is 26.3. The minimum atomic E-state index is 0.0834. The highest BCUT2D eigenvalue weighted by Crippen LogP contribution is 2.22. The largest absolute Gasteiger partial charge is 0.377 e. The van der Waals surface area contributed by atoms with E-state index in [-0.39, 0.29) is 5.91 Å². The van der Waals surface area contributed by atoms with Crippen LogP contribution in [0.1, 0.15) is 23.2 Å². The lowest BCUT2D eigenvalue weighted by Gasteiger charge is -2.37. The summed E-state index contributed by atoms with van der Waals surface area (Å²) < 4.78 is 6.84. The van der Waals surface area contributed by atoms with E-state index in [1.165, 1.54) is 12.8 Å². The lowest BCUT2D eigenvalue weighted by Crippen LogP contribution is -2.49. The lowest BCUT2D eigenvalue weighted by atomic mass is 10.1. The van der Waals surface area contributed by atoms with Gasteiger partial charge in [-0.05, 0) is 43.2 Å². The van der Waals surface area contributed by atoms with Gasteiger partial charge in [-0.15, -0.1) is 21.5 Å². The highest BCUT2D eigenvalue weighted by molar-refractivity contribution is 7.16. The van der Waals surface area contributed by atoms with Crippen molar-refractivity contribution in [3.8, 4) is 0 Å². The summed E-state index contributed by atoms with van der Waals surface area (Å²) in [6.07, 6.45) is 2.80. The molecule has 5 heterocycles. The number of hydrogen-bond donors (Lipinski definition) is 0. The van der Waals surface area contributed by atoms with E-state index in [2.05, 4.69) is 42.0 Å². The van der Waals surface area contributed by atoms with Gasteiger partial charge in [0, 0.05) is 71.1 Å². The van der Waals surface area contributed by atoms with Crippen molar-refractivity contribution in [3.63, 3.8) is 0 Å². The normalized spacial score (nSPS) is 21.7. The number of piperazine rings is 2. The average Bonchev–Trinajstić information content (AvgIpc) is 3.61. The number of thiazole rings is 1. The SMILES string of the molecule is O=C(c1ccc2ncsc2c1)N1CCN(c2ccc(N3CCN(CC4CCCO4)CC3)nn2)CC1. The van der Waals surface area contributed by atoms with Crippen LogP contribution in [0.4, 0.5) is 11.6 Å². The van der Waals surface area contributed by atoms with Crippen LogP contribution in [0.3, 0.4) is 0 Å². The minimum Gasteiger partial charge on any atom is -0.377 e. The van der Waals surface area contributed by atoms with Crippen LogP contribution in [-0.2, 0) is 4.74 Å². The van der Waals surface area contributed by atoms with Gasteiger partial charge in [-0.2, -0.15) is 0 Å². The first-order valence-electron chi connectivity index (χ1n) is 12.5. The number of rotatable bonds is 5. The number of anilines is 2. The highest BCUT2D eigenvalue weighted by Gasteiger charge is 2.25. The van der Waals surface area contributed by atoms with Gasteiger partial charge < -0.3 is 19.4 Å². The van der Waals surface area contributed by atoms with Crippen LogP contribution < -0.4 is 9.80 Å². The standard InChI is InChI=1S/C25H31N7O2S/c33-25(19-3-4-21-22(16-19)35-18-26-21)32-13-11-31(12-14-32)24-6-5-23(27-28-24)30-9-7-29(8-10-30)17-20-2-1-15-34-20/h3-6,16,18,20H,1-2,7-15,17H2. The number of benzene rings is 1. The van der Waals surface area contributed by atoms with Gasteiger partial charge in [-0.1, -0.05) is 0 Å². The van der Waals surface area contributed by atoms with Gasteiger partial charge in [0.25, 0.3) is 5.91 Å². The van der Waals surface area contributed by atoms with Crippen molar-refractivity contribution in [2.45, 2.75) is 18.9 Å². The molecule has 3 aliphatic heterocycles. The second-order valence-electron chi connectivity index (χ2n) is 9.49. The molecule has 0 spiro atoms. The van der Waals surface area contributed by atoms with Crippen LogP contribution in [0.2, 0.25) is 0 Å². The Balaban J connectivity index is 1.00. The quantitative estimate of drug-likeness (QED) is 0.536. The summed E-state index contributed by atoms with van der Waals surface area (Å²) in [5.41, 5.74) is 3.49. The Morgan fingerprint density at radius 2 is 1.66 bits per heavy atom. The lowest BCUT2D eigenvalue weighted by molar-refractivity contribution is 0.0712. The first kappa shape index (κ1) is 22.6. The van der Waals surface area contributed by atoms with Crippen LogP contribution in [0.25, 0.3) is 10.2 Å². The molecule has 3 aliphatic rings. The average molecular weight is 494 g/mol. The number of ether oxygens (including phenoxy) is 1. The molecule has 0 aliphatic carbocycles. The molecular formula is C25H31N7O2S. The Morgan fingerprint density at radius 3 is 2.31 bits per heavy atom. The smallest absolute Gasteiger partial charge is 0.254 e. The molecule has 0 saturated carbocycles. The van der Waals surface area contributed by atoms with Crippen molar-refractivity contribution in [3.05, 3.63) is 41.4 Å². The molecule has 3 fully saturated rings. The molecule has 1 amide bonds. The summed E-state index contributed by atoms with van der Waals surface area (Å²) in [5, 5.41) is 9.06. The predicted octanol–water partition coefficient (Wildman–Crippen LogP) is 2.35. The van der Waals surface area contributed by atoms with Crippen molar-refractivity contribution >= 4 is 39.1 Å². The number of carbonyl (C=O) groups is 1. The minimum absolute atomic E-state index is 0.0834. The summed E-state index contributed by atoms with van der Waals surface area (Å²) in [7, 11) is 0. The molecule has 9 nitrogen and oxygen atoms in total. The van der Waals surface area contributed by atoms with Crippen molar-refractivity contribution in [1.82, 2.24) is 25.0 Å². The number of aromatic nitrogens is 3. The van der Waals surface area contributed by atoms with Crippen LogP contribution in [0.15, 0.2) is 35.8 Å². The molecule has 6 rings (SSSR count). The fourth-order valence-electron chi connectivity index (χ4n) is 5.20. The van der Waals surface area contributed by atoms with Gasteiger partial charge in [0.15, 0.2) is 11.6 Å². The van der Waals surface area contributed by atoms with E-state index in [1.807, 2.05) is 28.6 Å². The molecule has 184 valence electrons. The van der Waals surface area contributed by atoms with E-state index in [4.69, 9.17) is 4.74 Å². The second-order valence-corrected chi connectivity index (χ2v) is 10.4. The molecule has 3 aromatic rings. The Kier molecular flexibility index (Phi) is 6.49. The number of nitrogens with zero attached hydrogens (tertiary/aromatic N) is 7. The second kappa shape index (κ2) is 10.0. The van der Waals surface area contributed by atoms with Crippen LogP contribution in [-0.4, -0.2) is 103 Å². The Morgan fingerprint density at radius 1 is 0.943 bits per heavy atom. The Hall–Kier alpha value is -2.82. The number of fused-ring (bicyclic) bond motifs is 1. The molecule has 0 bridgehead atoms. The monoisotopic (exact) mass is 493 g/mol. The topological polar surface area (TPSA) is 77.9 Å². The van der Waals surface area contributed by atoms with Gasteiger partial charge in [0.05, 0.1) is 21.8 Å². The summed E-state index contributed by atoms with van der Waals surface area (Å²) >= 11 is 1.56. The fraction of sp³-hybridized carbons (Fsp3) is 0.520. The molecule has 10 heteroatoms. The molecule has 1 aromatic carbocycles. The molecule has 1 atom stereocenters. The predicted molar refractivity (Wildman–Crippen MR) is 137 cm³/mol. The first-order chi connectivity index (χ1) is 17.2. The van der Waals surface area contributed by atoms with Gasteiger partial charge in [-0.3, -0.25) is 9.69 Å². The number of hydrogen-bond acceptors (Lipinski definition) is 9. The van der Waals surface area contributed by atoms with Gasteiger partial charge in [-0.25, -0.2) is 4.98 Å². The third kappa shape index (κ3) is 4.96. The fourth-order valence-corrected chi connectivity index (χ4v) is 5.92. The zero-order valence-electron chi connectivity index (χ0n) is 19.9. The third-order valence-corrected chi connectivity index (χ3v) is 8.08. The van der Waals surface area contributed by atoms with Gasteiger partial charge >= 0.3 is 0 Å². The van der Waals surface area contributed by atoms with E-state index in [0.717, 1.165) is 79.8 Å². The summed E-state index contributed by atoms with van der Waals surface area (Å²) in [6, 6.07) is 9.91. The van der Waals surface area contributed by atoms with Crippen LogP contribution >= 0.6 is 11.3 Å². The molecule has 3 saturated heterocycles. The van der Waals surface area contributed by atoms with E-state index in [9.17, 15) is 4.79 Å². The van der Waals surface area contributed by atoms with E-state index >= 15 is 0 Å². The third-order valence-electron chi connectivity index (χ3n) is 7.29. The molecule has 1 unspecified atom stereocenters. The first-order valence-corrected chi connectivity index (χ1v) is 13.4. The van der Waals surface area contributed by atoms with Gasteiger partial charge in [0.2, 0.25) is 0 Å². The highest BCUT2D eigenvalue weighted by atomic mass is 32.1. The molecule has 0 N–H and O–H groups in total. The number of amides is 1. The van der Waals surface area contributed by atoms with Crippen molar-refractivity contribution in [2.24, 2.45) is 0 Å². The van der Waals surface area contributed by atoms with Gasteiger partial charge in [0.1, 0.15) is 0 Å². The zero-order chi connectivity index (χ0) is 23.6. The van der Waals surface area contributed by atoms with Crippen molar-refractivity contribution < 1.29 is 9.53 Å². The van der Waals surface area contributed by atoms with E-state index in [1.54, 1.807) is 11.3 Å². The van der Waals surface area contributed by atoms with E-state index < -0.39 is 0 Å². The maximum atomic E-state index is 13.0. The molecule has 35 heavy (non-hydrogen) atoms. The molecule has 0 radical (unpaired) electrons. The zero-order valence-corrected chi connectivity index (χ0v) is 20.7. The number of carbonyl (C=O) groups excluding carboxylic acids is 1. The summed E-state index contributed by atoms with van der Waals surface area (Å²) in [5.74, 6) is 1.90. The van der Waals surface area contributed by atoms with Crippen LogP contribution in [0.5, 0.6) is 0 Å². The van der Waals surface area contributed by atoms with Crippen molar-refractivity contribution in [2.75, 3.05) is 75.3 Å². The van der Waals surface area contributed by atoms with Crippen molar-refractivity contribution in [1.29, 1.82) is 0 Å².